The maximum absolute atomic E-state index is 13.7. The van der Waals surface area contributed by atoms with Crippen LogP contribution < -0.4 is 20.1 Å². The lowest BCUT2D eigenvalue weighted by atomic mass is 10.2. The summed E-state index contributed by atoms with van der Waals surface area (Å²) in [5, 5.41) is 6.09. The summed E-state index contributed by atoms with van der Waals surface area (Å²) < 4.78 is 48.2. The van der Waals surface area contributed by atoms with Crippen molar-refractivity contribution in [3.63, 3.8) is 0 Å². The molecule has 8 heteroatoms. The first kappa shape index (κ1) is 20.4. The normalized spacial score (nSPS) is 11.4. The Morgan fingerprint density at radius 3 is 2.56 bits per heavy atom. The van der Waals surface area contributed by atoms with Crippen LogP contribution in [0.1, 0.15) is 18.1 Å². The molecule has 0 saturated carbocycles. The first-order valence-electron chi connectivity index (χ1n) is 8.40. The van der Waals surface area contributed by atoms with E-state index in [0.29, 0.717) is 23.6 Å². The molecule has 0 radical (unpaired) electrons. The monoisotopic (exact) mass is 381 g/mol. The summed E-state index contributed by atoms with van der Waals surface area (Å²) in [6, 6.07) is 11.2. The summed E-state index contributed by atoms with van der Waals surface area (Å²) in [4.78, 5) is 4.39. The zero-order valence-electron chi connectivity index (χ0n) is 15.1. The molecule has 0 saturated heterocycles. The molecule has 0 aliphatic heterocycles. The minimum atomic E-state index is -2.95. The fraction of sp³-hybridized carbons (Fsp3) is 0.316. The number of nitrogens with one attached hydrogen (secondary N) is 2. The van der Waals surface area contributed by atoms with Gasteiger partial charge in [-0.1, -0.05) is 24.3 Å². The number of hydrogen-bond acceptors (Lipinski definition) is 3. The molecule has 2 N–H and O–H groups in total. The molecule has 2 aromatic carbocycles. The average Bonchev–Trinajstić information content (AvgIpc) is 2.65. The zero-order chi connectivity index (χ0) is 19.6. The number of rotatable bonds is 8. The smallest absolute Gasteiger partial charge is 0.387 e. The standard InChI is InChI=1S/C19H22F3N3O2/c1-3-23-19(25-12-14-6-4-5-7-15(14)20)24-11-13-8-9-16(26-2)17(10-13)27-18(21)22/h4-10,18H,3,11-12H2,1-2H3,(H2,23,24,25). The van der Waals surface area contributed by atoms with Gasteiger partial charge >= 0.3 is 6.61 Å². The van der Waals surface area contributed by atoms with Crippen molar-refractivity contribution in [3.05, 3.63) is 59.4 Å². The molecule has 0 aromatic heterocycles. The van der Waals surface area contributed by atoms with Gasteiger partial charge in [-0.2, -0.15) is 8.78 Å². The Labute approximate surface area is 156 Å². The molecule has 0 fully saturated rings. The Hall–Kier alpha value is -2.90. The van der Waals surface area contributed by atoms with Gasteiger partial charge in [0.25, 0.3) is 0 Å². The number of methoxy groups -OCH3 is 1. The number of nitrogens with zero attached hydrogens (tertiary/aromatic N) is 1. The van der Waals surface area contributed by atoms with E-state index in [1.807, 2.05) is 6.92 Å². The molecule has 5 nitrogen and oxygen atoms in total. The van der Waals surface area contributed by atoms with Crippen LogP contribution in [0.25, 0.3) is 0 Å². The summed E-state index contributed by atoms with van der Waals surface area (Å²) in [5.41, 5.74) is 1.18. The van der Waals surface area contributed by atoms with E-state index in [-0.39, 0.29) is 30.4 Å². The van der Waals surface area contributed by atoms with Crippen molar-refractivity contribution in [2.45, 2.75) is 26.6 Å². The van der Waals surface area contributed by atoms with Crippen LogP contribution in [-0.2, 0) is 13.1 Å². The third kappa shape index (κ3) is 6.40. The van der Waals surface area contributed by atoms with Crippen molar-refractivity contribution in [1.82, 2.24) is 10.6 Å². The SMILES string of the molecule is CCNC(=NCc1ccc(OC)c(OC(F)F)c1)NCc1ccccc1F. The number of ether oxygens (including phenoxy) is 2. The molecule has 2 rings (SSSR count). The number of alkyl halides is 2. The number of hydrogen-bond donors (Lipinski definition) is 2. The fourth-order valence-electron chi connectivity index (χ4n) is 2.34. The lowest BCUT2D eigenvalue weighted by Gasteiger charge is -2.13. The second-order valence-corrected chi connectivity index (χ2v) is 5.50. The van der Waals surface area contributed by atoms with Crippen molar-refractivity contribution in [2.24, 2.45) is 4.99 Å². The quantitative estimate of drug-likeness (QED) is 0.541. The molecule has 0 aliphatic carbocycles. The lowest BCUT2D eigenvalue weighted by molar-refractivity contribution is -0.0512. The zero-order valence-corrected chi connectivity index (χ0v) is 15.1. The highest BCUT2D eigenvalue weighted by Gasteiger charge is 2.11. The molecule has 0 unspecified atom stereocenters. The summed E-state index contributed by atoms with van der Waals surface area (Å²) >= 11 is 0. The molecule has 0 aliphatic rings. The van der Waals surface area contributed by atoms with Crippen molar-refractivity contribution < 1.29 is 22.6 Å². The van der Waals surface area contributed by atoms with Crippen molar-refractivity contribution in [1.29, 1.82) is 0 Å². The van der Waals surface area contributed by atoms with Crippen LogP contribution in [0.4, 0.5) is 13.2 Å². The van der Waals surface area contributed by atoms with E-state index in [1.54, 1.807) is 30.3 Å². The molecule has 0 atom stereocenters. The highest BCUT2D eigenvalue weighted by Crippen LogP contribution is 2.29. The van der Waals surface area contributed by atoms with Gasteiger partial charge in [0, 0.05) is 18.7 Å². The Balaban J connectivity index is 2.08. The first-order valence-corrected chi connectivity index (χ1v) is 8.40. The van der Waals surface area contributed by atoms with Crippen LogP contribution in [0.3, 0.4) is 0 Å². The van der Waals surface area contributed by atoms with Gasteiger partial charge in [0.2, 0.25) is 0 Å². The Morgan fingerprint density at radius 1 is 1.11 bits per heavy atom. The topological polar surface area (TPSA) is 54.9 Å². The van der Waals surface area contributed by atoms with Gasteiger partial charge in [-0.25, -0.2) is 9.38 Å². The maximum atomic E-state index is 13.7. The number of halogens is 3. The highest BCUT2D eigenvalue weighted by molar-refractivity contribution is 5.79. The highest BCUT2D eigenvalue weighted by atomic mass is 19.3. The third-order valence-electron chi connectivity index (χ3n) is 3.61. The summed E-state index contributed by atoms with van der Waals surface area (Å²) in [6.07, 6.45) is 0. The maximum Gasteiger partial charge on any atom is 0.387 e. The predicted octanol–water partition coefficient (Wildman–Crippen LogP) is 3.69. The van der Waals surface area contributed by atoms with Crippen LogP contribution >= 0.6 is 0 Å². The summed E-state index contributed by atoms with van der Waals surface area (Å²) in [5.74, 6) is 0.342. The number of aliphatic imine (C=N–C) groups is 1. The van der Waals surface area contributed by atoms with Gasteiger partial charge in [0.15, 0.2) is 17.5 Å². The van der Waals surface area contributed by atoms with Crippen molar-refractivity contribution in [2.75, 3.05) is 13.7 Å². The Kier molecular flexibility index (Phi) is 7.79. The van der Waals surface area contributed by atoms with Crippen LogP contribution in [0.15, 0.2) is 47.5 Å². The molecule has 0 spiro atoms. The molecule has 27 heavy (non-hydrogen) atoms. The first-order chi connectivity index (χ1) is 13.0. The molecular weight excluding hydrogens is 359 g/mol. The summed E-state index contributed by atoms with van der Waals surface area (Å²) in [7, 11) is 1.38. The van der Waals surface area contributed by atoms with E-state index in [0.717, 1.165) is 0 Å². The van der Waals surface area contributed by atoms with Crippen molar-refractivity contribution in [3.8, 4) is 11.5 Å². The van der Waals surface area contributed by atoms with Gasteiger partial charge in [-0.3, -0.25) is 0 Å². The van der Waals surface area contributed by atoms with E-state index in [2.05, 4.69) is 20.4 Å². The van der Waals surface area contributed by atoms with E-state index in [1.165, 1.54) is 19.2 Å². The summed E-state index contributed by atoms with van der Waals surface area (Å²) in [6.45, 7) is 0.0579. The van der Waals surface area contributed by atoms with Gasteiger partial charge < -0.3 is 20.1 Å². The van der Waals surface area contributed by atoms with E-state index >= 15 is 0 Å². The van der Waals surface area contributed by atoms with E-state index in [4.69, 9.17) is 4.74 Å². The minimum Gasteiger partial charge on any atom is -0.493 e. The van der Waals surface area contributed by atoms with Crippen LogP contribution in [0, 0.1) is 5.82 Å². The van der Waals surface area contributed by atoms with Crippen LogP contribution in [0.5, 0.6) is 11.5 Å². The molecule has 0 heterocycles. The average molecular weight is 381 g/mol. The van der Waals surface area contributed by atoms with Crippen molar-refractivity contribution >= 4 is 5.96 Å². The van der Waals surface area contributed by atoms with E-state index < -0.39 is 6.61 Å². The van der Waals surface area contributed by atoms with Crippen LogP contribution in [-0.4, -0.2) is 26.2 Å². The molecule has 0 bridgehead atoms. The molecule has 0 amide bonds. The van der Waals surface area contributed by atoms with E-state index in [9.17, 15) is 13.2 Å². The van der Waals surface area contributed by atoms with Gasteiger partial charge in [0.05, 0.1) is 13.7 Å². The Morgan fingerprint density at radius 2 is 1.89 bits per heavy atom. The van der Waals surface area contributed by atoms with Crippen LogP contribution in [0.2, 0.25) is 0 Å². The number of guanidine groups is 1. The Bertz CT molecular complexity index is 770. The molecule has 2 aromatic rings. The molecule has 146 valence electrons. The minimum absolute atomic E-state index is 0.0514. The third-order valence-corrected chi connectivity index (χ3v) is 3.61. The second kappa shape index (κ2) is 10.3. The predicted molar refractivity (Wildman–Crippen MR) is 97.7 cm³/mol. The number of benzene rings is 2. The molecular formula is C19H22F3N3O2. The van der Waals surface area contributed by atoms with Gasteiger partial charge in [0.1, 0.15) is 5.82 Å². The van der Waals surface area contributed by atoms with Gasteiger partial charge in [-0.15, -0.1) is 0 Å². The van der Waals surface area contributed by atoms with Gasteiger partial charge in [-0.05, 0) is 30.7 Å². The second-order valence-electron chi connectivity index (χ2n) is 5.50. The lowest BCUT2D eigenvalue weighted by Crippen LogP contribution is -2.37. The largest absolute Gasteiger partial charge is 0.493 e. The fourth-order valence-corrected chi connectivity index (χ4v) is 2.34.